The number of pyridine rings is 4. The summed E-state index contributed by atoms with van der Waals surface area (Å²) < 4.78 is 0. The van der Waals surface area contributed by atoms with Crippen molar-refractivity contribution >= 4 is 229 Å². The van der Waals surface area contributed by atoms with Gasteiger partial charge in [0.05, 0.1) is 21.4 Å². The minimum Gasteiger partial charge on any atom is -0.279 e. The smallest absolute Gasteiger partial charge is 0.279 e. The SMILES string of the molecule is ClCCl.ClCCl.ClCCl.ClCCl.N#C[Se-].N#C[Se-].[Fe+2].c1ccc(N(c2ccccc2)c2nc(N(c3ccccc3)c3ccccc3)nc(N(c3ccccn3)c3ccccn3)n2)cc1.c1ccc(N(c2ccccc2)c2nc(N(c3ccccc3)c3ccccc3)nc(N(c3ccccn3)c3ccccn3)n2)cc1. The second-order valence-electron chi connectivity index (χ2n) is 20.5. The van der Waals surface area contributed by atoms with Gasteiger partial charge in [0.25, 0.3) is 0 Å². The summed E-state index contributed by atoms with van der Waals surface area (Å²) in [5, 5.41) is 15.3. The predicted molar refractivity (Wildman–Crippen MR) is 448 cm³/mol. The number of alkyl halides is 8. The van der Waals surface area contributed by atoms with Gasteiger partial charge in [-0.25, -0.2) is 29.7 Å². The summed E-state index contributed by atoms with van der Waals surface area (Å²) in [5.74, 6) is 4.94. The molecule has 6 heterocycles. The first-order chi connectivity index (χ1) is 53.2. The van der Waals surface area contributed by atoms with Gasteiger partial charge in [-0.3, -0.25) is 19.6 Å². The molecule has 109 heavy (non-hydrogen) atoms. The second kappa shape index (κ2) is 51.4. The van der Waals surface area contributed by atoms with Crippen molar-refractivity contribution < 1.29 is 17.1 Å². The molecule has 0 N–H and O–H groups in total. The van der Waals surface area contributed by atoms with E-state index in [-0.39, 0.29) is 38.4 Å². The average molecular weight is 1770 g/mol. The quantitative estimate of drug-likeness (QED) is 0.0580. The fourth-order valence-electron chi connectivity index (χ4n) is 10.0. The van der Waals surface area contributed by atoms with Crippen LogP contribution in [0.4, 0.5) is 104 Å². The molecular weight excluding hydrogens is 1710 g/mol. The average Bonchev–Trinajstić information content (AvgIpc) is 0.773. The maximum Gasteiger partial charge on any atom is 2.00 e. The van der Waals surface area contributed by atoms with E-state index in [9.17, 15) is 0 Å². The van der Waals surface area contributed by atoms with E-state index in [1.165, 1.54) is 0 Å². The number of halogens is 8. The van der Waals surface area contributed by atoms with Crippen LogP contribution in [0.15, 0.2) is 340 Å². The van der Waals surface area contributed by atoms with Crippen LogP contribution in [0.25, 0.3) is 0 Å². The van der Waals surface area contributed by atoms with Gasteiger partial charge in [0.1, 0.15) is 23.3 Å². The summed E-state index contributed by atoms with van der Waals surface area (Å²) in [6.45, 7) is 0. The Bertz CT molecular complexity index is 3800. The molecule has 0 unspecified atom stereocenters. The van der Waals surface area contributed by atoms with E-state index in [0.29, 0.717) is 59.0 Å². The minimum atomic E-state index is 0. The number of benzene rings is 8. The summed E-state index contributed by atoms with van der Waals surface area (Å²) in [6.07, 6.45) is 6.98. The minimum absolute atomic E-state index is 0. The standard InChI is InChI=1S/2C37H28N8.4CH2Cl2.2CHNSe.Fe/c2*1-5-17-29(18-6-1)43(30-19-7-2-8-20-30)35-40-36(44(31-21-9-3-10-22-31)32-23-11-4-12-24-32)42-37(41-35)45(33-25-13-15-27-38-33)34-26-14-16-28-39-34;6*2-1-3;/h2*1-28H;4*1H2;2*3H;/q;;;;;;;;+2/p-2. The molecule has 0 radical (unpaired) electrons. The van der Waals surface area contributed by atoms with Gasteiger partial charge in [0.15, 0.2) is 0 Å². The van der Waals surface area contributed by atoms with Gasteiger partial charge in [-0.2, -0.15) is 29.9 Å². The molecule has 18 nitrogen and oxygen atoms in total. The van der Waals surface area contributed by atoms with E-state index in [1.807, 2.05) is 345 Å². The summed E-state index contributed by atoms with van der Waals surface area (Å²) in [6, 6.07) is 104. The van der Waals surface area contributed by atoms with Crippen LogP contribution in [0.1, 0.15) is 0 Å². The number of nitriles is 2. The third kappa shape index (κ3) is 27.3. The molecule has 0 aliphatic rings. The zero-order chi connectivity index (χ0) is 76.8. The van der Waals surface area contributed by atoms with E-state index in [0.717, 1.165) is 45.5 Å². The van der Waals surface area contributed by atoms with Gasteiger partial charge < -0.3 is 0 Å². The molecule has 8 aromatic carbocycles. The van der Waals surface area contributed by atoms with Crippen molar-refractivity contribution in [1.29, 1.82) is 10.5 Å². The maximum absolute atomic E-state index is 7.26. The van der Waals surface area contributed by atoms with Crippen LogP contribution >= 0.6 is 92.8 Å². The van der Waals surface area contributed by atoms with Gasteiger partial charge in [0, 0.05) is 70.3 Å². The third-order valence-corrected chi connectivity index (χ3v) is 14.0. The molecule has 550 valence electrons. The molecule has 6 aromatic heterocycles. The first-order valence-electron chi connectivity index (χ1n) is 32.1. The summed E-state index contributed by atoms with van der Waals surface area (Å²) >= 11 is 42.3. The van der Waals surface area contributed by atoms with Gasteiger partial charge in [-0.05, 0) is 146 Å². The Morgan fingerprint density at radius 1 is 0.220 bits per heavy atom. The molecule has 0 bridgehead atoms. The van der Waals surface area contributed by atoms with Crippen LogP contribution in [-0.4, -0.2) is 103 Å². The molecule has 0 aliphatic carbocycles. The molecule has 29 heteroatoms. The largest absolute Gasteiger partial charge is 2.00 e. The van der Waals surface area contributed by atoms with Crippen molar-refractivity contribution in [3.63, 3.8) is 0 Å². The van der Waals surface area contributed by atoms with E-state index >= 15 is 0 Å². The predicted octanol–water partition coefficient (Wildman–Crippen LogP) is 23.1. The van der Waals surface area contributed by atoms with E-state index in [4.69, 9.17) is 133 Å². The Balaban J connectivity index is 0.000000278. The molecule has 0 spiro atoms. The number of nitrogens with zero attached hydrogens (tertiary/aromatic N) is 18. The number of hydrogen-bond donors (Lipinski definition) is 0. The van der Waals surface area contributed by atoms with Crippen molar-refractivity contribution in [3.05, 3.63) is 340 Å². The first-order valence-corrected chi connectivity index (χ1v) is 38.1. The van der Waals surface area contributed by atoms with Crippen molar-refractivity contribution in [2.45, 2.75) is 0 Å². The molecule has 0 aliphatic heterocycles. The number of anilines is 18. The molecule has 14 rings (SSSR count). The van der Waals surface area contributed by atoms with Crippen molar-refractivity contribution in [3.8, 4) is 9.94 Å². The third-order valence-electron chi connectivity index (χ3n) is 14.0. The Kier molecular flexibility index (Phi) is 41.5. The van der Waals surface area contributed by atoms with Crippen LogP contribution in [0.5, 0.6) is 0 Å². The summed E-state index contributed by atoms with van der Waals surface area (Å²) in [7, 11) is 0. The van der Waals surface area contributed by atoms with Gasteiger partial charge in [-0.1, -0.05) is 170 Å². The van der Waals surface area contributed by atoms with Crippen LogP contribution in [0.2, 0.25) is 0 Å². The second-order valence-corrected chi connectivity index (χ2v) is 24.5. The number of aromatic nitrogens is 10. The van der Waals surface area contributed by atoms with E-state index in [1.54, 1.807) is 34.7 Å². The zero-order valence-electron chi connectivity index (χ0n) is 57.4. The fourth-order valence-corrected chi connectivity index (χ4v) is 10.0. The Hall–Kier alpha value is -9.96. The Labute approximate surface area is 701 Å². The van der Waals surface area contributed by atoms with Crippen molar-refractivity contribution in [2.75, 3.05) is 50.8 Å². The molecule has 0 atom stereocenters. The zero-order valence-corrected chi connectivity index (χ0v) is 68.0. The molecule has 0 amide bonds. The van der Waals surface area contributed by atoms with Crippen LogP contribution in [0, 0.1) is 20.5 Å². The van der Waals surface area contributed by atoms with E-state index < -0.39 is 0 Å². The molecule has 14 aromatic rings. The van der Waals surface area contributed by atoms with Crippen molar-refractivity contribution in [1.82, 2.24) is 49.8 Å². The van der Waals surface area contributed by atoms with Crippen LogP contribution in [-0.2, 0) is 17.1 Å². The number of rotatable bonds is 18. The van der Waals surface area contributed by atoms with Gasteiger partial charge in [0.2, 0.25) is 35.7 Å². The van der Waals surface area contributed by atoms with Crippen molar-refractivity contribution in [2.24, 2.45) is 0 Å². The monoisotopic (exact) mass is 1770 g/mol. The molecule has 0 saturated carbocycles. The van der Waals surface area contributed by atoms with Gasteiger partial charge in [-0.15, -0.1) is 92.8 Å². The molecule has 0 fully saturated rings. The normalized spacial score (nSPS) is 9.60. The number of para-hydroxylation sites is 8. The topological polar surface area (TPSA) is 196 Å². The van der Waals surface area contributed by atoms with Crippen LogP contribution < -0.4 is 29.4 Å². The first kappa shape index (κ1) is 87.9. The van der Waals surface area contributed by atoms with Crippen LogP contribution in [0.3, 0.4) is 0 Å². The maximum atomic E-state index is 7.26. The molecule has 0 saturated heterocycles. The Morgan fingerprint density at radius 3 is 0.459 bits per heavy atom. The van der Waals surface area contributed by atoms with E-state index in [2.05, 4.69) is 52.0 Å². The number of hydrogen-bond acceptors (Lipinski definition) is 18. The molecular formula is C80H64Cl8FeN18Se2. The summed E-state index contributed by atoms with van der Waals surface area (Å²) in [5.41, 5.74) is 7.22. The Morgan fingerprint density at radius 2 is 0.339 bits per heavy atom. The summed E-state index contributed by atoms with van der Waals surface area (Å²) in [4.78, 5) is 64.6. The van der Waals surface area contributed by atoms with Gasteiger partial charge >= 0.3 is 69.6 Å². The fraction of sp³-hybridized carbons (Fsp3) is 0.0500.